The van der Waals surface area contributed by atoms with Crippen LogP contribution >= 0.6 is 0 Å². The Balaban J connectivity index is 5.37. The number of unbranched alkanes of at least 4 members (excludes halogenated alkanes) is 1. The van der Waals surface area contributed by atoms with Crippen molar-refractivity contribution in [2.45, 2.75) is 108 Å². The highest BCUT2D eigenvalue weighted by atomic mass is 17.2. The molecule has 0 heterocycles. The molecule has 1 atom stereocenters. The van der Waals surface area contributed by atoms with Crippen LogP contribution in [0.2, 0.25) is 0 Å². The Kier molecular flexibility index (Phi) is 17.2. The molecule has 0 N–H and O–H groups in total. The van der Waals surface area contributed by atoms with Crippen molar-refractivity contribution in [3.05, 3.63) is 0 Å². The van der Waals surface area contributed by atoms with Crippen molar-refractivity contribution in [1.29, 1.82) is 0 Å². The van der Waals surface area contributed by atoms with Gasteiger partial charge in [0.1, 0.15) is 19.8 Å². The Morgan fingerprint density at radius 2 is 1.12 bits per heavy atom. The van der Waals surface area contributed by atoms with E-state index in [2.05, 4.69) is 39.5 Å². The molecule has 9 nitrogen and oxygen atoms in total. The van der Waals surface area contributed by atoms with Gasteiger partial charge in [0.05, 0.1) is 29.5 Å². The number of hydrogen-bond acceptors (Lipinski definition) is 9. The van der Waals surface area contributed by atoms with Crippen molar-refractivity contribution in [2.75, 3.05) is 52.7 Å². The molecule has 0 radical (unpaired) electrons. The zero-order valence-electron chi connectivity index (χ0n) is 27.4. The lowest BCUT2D eigenvalue weighted by Gasteiger charge is -2.38. The molecular weight excluding hydrogens is 514 g/mol. The molecular formula is C31H59NO8. The average Bonchev–Trinajstić information content (AvgIpc) is 2.87. The third-order valence-electron chi connectivity index (χ3n) is 7.42. The van der Waals surface area contributed by atoms with Crippen LogP contribution in [-0.4, -0.2) is 75.5 Å². The minimum atomic E-state index is -1.12. The second-order valence-electron chi connectivity index (χ2n) is 13.1. The lowest BCUT2D eigenvalue weighted by atomic mass is 9.66. The molecule has 0 amide bonds. The summed E-state index contributed by atoms with van der Waals surface area (Å²) in [6.07, 6.45) is 2.87. The lowest BCUT2D eigenvalue weighted by Crippen LogP contribution is -2.44. The van der Waals surface area contributed by atoms with Gasteiger partial charge in [-0.2, -0.15) is 0 Å². The molecule has 0 aliphatic carbocycles. The first-order valence-electron chi connectivity index (χ1n) is 15.0. The molecule has 0 aromatic carbocycles. The van der Waals surface area contributed by atoms with E-state index in [-0.39, 0.29) is 50.7 Å². The number of likely N-dealkylation sites (N-methyl/N-ethyl adjacent to an activating group) is 1. The molecule has 1 unspecified atom stereocenters. The maximum Gasteiger partial charge on any atom is 0.311 e. The van der Waals surface area contributed by atoms with Gasteiger partial charge in [-0.3, -0.25) is 14.4 Å². The summed E-state index contributed by atoms with van der Waals surface area (Å²) in [7, 11) is 0. The molecule has 0 saturated carbocycles. The van der Waals surface area contributed by atoms with Crippen molar-refractivity contribution < 1.29 is 38.4 Å². The lowest BCUT2D eigenvalue weighted by molar-refractivity contribution is -0.311. The number of hydrogen-bond donors (Lipinski definition) is 0. The van der Waals surface area contributed by atoms with Gasteiger partial charge in [-0.1, -0.05) is 48.0 Å². The molecule has 9 heteroatoms. The fourth-order valence-corrected chi connectivity index (χ4v) is 4.51. The number of rotatable bonds is 22. The molecule has 0 fully saturated rings. The molecule has 0 bridgehead atoms. The number of nitrogens with zero attached hydrogens (tertiary/aromatic N) is 1. The number of carbonyl (C=O) groups is 3. The van der Waals surface area contributed by atoms with Gasteiger partial charge in [0.15, 0.2) is 0 Å². The number of carbonyl (C=O) groups excluding carboxylic acids is 3. The van der Waals surface area contributed by atoms with E-state index >= 15 is 0 Å². The van der Waals surface area contributed by atoms with Crippen LogP contribution in [0.5, 0.6) is 0 Å². The number of ether oxygens (including phenoxy) is 3. The molecule has 236 valence electrons. The summed E-state index contributed by atoms with van der Waals surface area (Å²) in [5, 5.41) is 0. The largest absolute Gasteiger partial charge is 0.465 e. The van der Waals surface area contributed by atoms with E-state index < -0.39 is 28.2 Å². The smallest absolute Gasteiger partial charge is 0.311 e. The zero-order valence-corrected chi connectivity index (χ0v) is 27.4. The van der Waals surface area contributed by atoms with Gasteiger partial charge in [0.25, 0.3) is 0 Å². The molecule has 0 aromatic heterocycles. The maximum absolute atomic E-state index is 13.4. The van der Waals surface area contributed by atoms with Crippen molar-refractivity contribution in [3.63, 3.8) is 0 Å². The van der Waals surface area contributed by atoms with E-state index in [1.54, 1.807) is 34.6 Å². The minimum Gasteiger partial charge on any atom is -0.465 e. The predicted octanol–water partition coefficient (Wildman–Crippen LogP) is 5.98. The van der Waals surface area contributed by atoms with Crippen LogP contribution < -0.4 is 0 Å². The van der Waals surface area contributed by atoms with Crippen LogP contribution in [-0.2, 0) is 38.4 Å². The van der Waals surface area contributed by atoms with Gasteiger partial charge in [-0.25, -0.2) is 9.78 Å². The van der Waals surface area contributed by atoms with Crippen LogP contribution in [0.15, 0.2) is 0 Å². The Morgan fingerprint density at radius 1 is 0.625 bits per heavy atom. The Hall–Kier alpha value is -1.71. The maximum atomic E-state index is 13.4. The molecule has 0 saturated heterocycles. The third kappa shape index (κ3) is 14.3. The Bertz CT molecular complexity index is 760. The average molecular weight is 574 g/mol. The SMILES string of the molecule is CCCCOC(=O)C(C)(CC(C)(C)C(=O)OCCOOCC(C)(C)CC)CC(C)(C)C(=O)OCCN(CC)CC. The summed E-state index contributed by atoms with van der Waals surface area (Å²) in [6.45, 7) is 24.7. The van der Waals surface area contributed by atoms with Crippen LogP contribution in [0.3, 0.4) is 0 Å². The normalized spacial score (nSPS) is 14.1. The highest BCUT2D eigenvalue weighted by molar-refractivity contribution is 5.82. The summed E-state index contributed by atoms with van der Waals surface area (Å²) in [6, 6.07) is 0. The van der Waals surface area contributed by atoms with Gasteiger partial charge in [0, 0.05) is 6.54 Å². The molecule has 0 spiro atoms. The summed E-state index contributed by atoms with van der Waals surface area (Å²) >= 11 is 0. The van der Waals surface area contributed by atoms with E-state index in [1.807, 2.05) is 6.92 Å². The van der Waals surface area contributed by atoms with E-state index in [9.17, 15) is 14.4 Å². The van der Waals surface area contributed by atoms with E-state index in [0.717, 1.165) is 32.4 Å². The molecule has 0 aliphatic rings. The Labute approximate surface area is 243 Å². The topological polar surface area (TPSA) is 101 Å². The molecule has 0 rings (SSSR count). The van der Waals surface area contributed by atoms with Gasteiger partial charge in [-0.15, -0.1) is 0 Å². The Morgan fingerprint density at radius 3 is 1.60 bits per heavy atom. The molecule has 40 heavy (non-hydrogen) atoms. The van der Waals surface area contributed by atoms with Crippen LogP contribution in [0.1, 0.15) is 108 Å². The highest BCUT2D eigenvalue weighted by Gasteiger charge is 2.48. The van der Waals surface area contributed by atoms with Crippen LogP contribution in [0.25, 0.3) is 0 Å². The second-order valence-corrected chi connectivity index (χ2v) is 13.1. The van der Waals surface area contributed by atoms with E-state index in [0.29, 0.717) is 13.2 Å². The fraction of sp³-hybridized carbons (Fsp3) is 0.903. The summed E-state index contributed by atoms with van der Waals surface area (Å²) in [5.74, 6) is -1.27. The standard InChI is InChI=1S/C31H59NO8/c1-12-16-18-36-27(35)31(11,22-29(7,8)25(33)37-19-17-32(14-3)15-4)23-30(9,10)26(34)38-20-21-39-40-24-28(5,6)13-2/h12-24H2,1-11H3. The van der Waals surface area contributed by atoms with Crippen molar-refractivity contribution in [3.8, 4) is 0 Å². The van der Waals surface area contributed by atoms with Crippen molar-refractivity contribution >= 4 is 17.9 Å². The van der Waals surface area contributed by atoms with Crippen LogP contribution in [0, 0.1) is 21.7 Å². The van der Waals surface area contributed by atoms with Crippen LogP contribution in [0.4, 0.5) is 0 Å². The van der Waals surface area contributed by atoms with Crippen molar-refractivity contribution in [1.82, 2.24) is 4.90 Å². The molecule has 0 aliphatic heterocycles. The first-order chi connectivity index (χ1) is 18.5. The van der Waals surface area contributed by atoms with Gasteiger partial charge in [-0.05, 0) is 78.8 Å². The summed E-state index contributed by atoms with van der Waals surface area (Å²) < 4.78 is 16.7. The predicted molar refractivity (Wildman–Crippen MR) is 156 cm³/mol. The van der Waals surface area contributed by atoms with E-state index in [1.165, 1.54) is 0 Å². The minimum absolute atomic E-state index is 0.000421. The van der Waals surface area contributed by atoms with E-state index in [4.69, 9.17) is 24.0 Å². The number of esters is 3. The second kappa shape index (κ2) is 18.0. The monoisotopic (exact) mass is 573 g/mol. The third-order valence-corrected chi connectivity index (χ3v) is 7.42. The van der Waals surface area contributed by atoms with Crippen molar-refractivity contribution in [2.24, 2.45) is 21.7 Å². The van der Waals surface area contributed by atoms with Gasteiger partial charge >= 0.3 is 17.9 Å². The fourth-order valence-electron chi connectivity index (χ4n) is 4.51. The van der Waals surface area contributed by atoms with Gasteiger partial charge in [0.2, 0.25) is 0 Å². The van der Waals surface area contributed by atoms with Gasteiger partial charge < -0.3 is 19.1 Å². The summed E-state index contributed by atoms with van der Waals surface area (Å²) in [5.41, 5.74) is -3.12. The zero-order chi connectivity index (χ0) is 31.0. The first-order valence-corrected chi connectivity index (χ1v) is 15.0. The first kappa shape index (κ1) is 38.3. The highest BCUT2D eigenvalue weighted by Crippen LogP contribution is 2.44. The molecule has 0 aromatic rings. The quantitative estimate of drug-likeness (QED) is 0.0509. The summed E-state index contributed by atoms with van der Waals surface area (Å²) in [4.78, 5) is 52.1.